The fraction of sp³-hybridized carbons (Fsp3) is 0.550. The predicted molar refractivity (Wildman–Crippen MR) is 107 cm³/mol. The van der Waals surface area contributed by atoms with Crippen LogP contribution >= 0.6 is 0 Å². The largest absolute Gasteiger partial charge is 0.490 e. The minimum absolute atomic E-state index is 0.170. The van der Waals surface area contributed by atoms with Crippen LogP contribution in [0.3, 0.4) is 0 Å². The van der Waals surface area contributed by atoms with E-state index in [1.54, 1.807) is 14.0 Å². The van der Waals surface area contributed by atoms with Crippen LogP contribution in [0, 0.1) is 19.8 Å². The van der Waals surface area contributed by atoms with Crippen molar-refractivity contribution < 1.29 is 9.26 Å². The second-order valence-corrected chi connectivity index (χ2v) is 7.18. The van der Waals surface area contributed by atoms with E-state index in [0.29, 0.717) is 36.7 Å². The Bertz CT molecular complexity index is 755. The summed E-state index contributed by atoms with van der Waals surface area (Å²) < 4.78 is 11.3. The van der Waals surface area contributed by atoms with Crippen molar-refractivity contribution in [3.63, 3.8) is 0 Å². The van der Waals surface area contributed by atoms with Crippen molar-refractivity contribution >= 4 is 5.96 Å². The molecule has 0 bridgehead atoms. The fourth-order valence-corrected chi connectivity index (χ4v) is 2.82. The second-order valence-electron chi connectivity index (χ2n) is 7.18. The third-order valence-corrected chi connectivity index (χ3v) is 4.00. The number of aromatic nitrogens is 2. The van der Waals surface area contributed by atoms with E-state index in [-0.39, 0.29) is 6.10 Å². The topological polar surface area (TPSA) is 84.6 Å². The van der Waals surface area contributed by atoms with Crippen molar-refractivity contribution in [2.75, 3.05) is 7.05 Å². The molecular formula is C20H31N5O2. The molecule has 7 nitrogen and oxygen atoms in total. The summed E-state index contributed by atoms with van der Waals surface area (Å²) in [5.74, 6) is 3.32. The lowest BCUT2D eigenvalue weighted by atomic mass is 10.1. The number of hydrogen-bond donors (Lipinski definition) is 2. The number of rotatable bonds is 8. The summed E-state index contributed by atoms with van der Waals surface area (Å²) in [5.41, 5.74) is 2.27. The Morgan fingerprint density at radius 2 is 1.93 bits per heavy atom. The molecule has 1 heterocycles. The summed E-state index contributed by atoms with van der Waals surface area (Å²) in [4.78, 5) is 8.41. The number of ether oxygens (including phenoxy) is 1. The first-order valence-electron chi connectivity index (χ1n) is 9.37. The summed E-state index contributed by atoms with van der Waals surface area (Å²) in [6, 6.07) is 6.27. The van der Waals surface area contributed by atoms with Crippen molar-refractivity contribution in [1.29, 1.82) is 0 Å². The minimum Gasteiger partial charge on any atom is -0.490 e. The molecule has 0 saturated heterocycles. The molecule has 2 aromatic rings. The zero-order valence-corrected chi connectivity index (χ0v) is 17.2. The van der Waals surface area contributed by atoms with E-state index in [1.165, 1.54) is 5.56 Å². The first kappa shape index (κ1) is 20.7. The monoisotopic (exact) mass is 373 g/mol. The van der Waals surface area contributed by atoms with Gasteiger partial charge in [-0.1, -0.05) is 31.1 Å². The zero-order chi connectivity index (χ0) is 19.8. The van der Waals surface area contributed by atoms with Crippen LogP contribution in [0.15, 0.2) is 27.7 Å². The molecule has 27 heavy (non-hydrogen) atoms. The minimum atomic E-state index is 0.170. The quantitative estimate of drug-likeness (QED) is 0.545. The Labute approximate surface area is 161 Å². The number of aryl methyl sites for hydroxylation is 2. The molecule has 0 aliphatic carbocycles. The lowest BCUT2D eigenvalue weighted by Gasteiger charge is -2.20. The molecule has 2 N–H and O–H groups in total. The summed E-state index contributed by atoms with van der Waals surface area (Å²) >= 11 is 0. The summed E-state index contributed by atoms with van der Waals surface area (Å²) in [7, 11) is 1.73. The number of hydrogen-bond acceptors (Lipinski definition) is 5. The van der Waals surface area contributed by atoms with E-state index in [2.05, 4.69) is 71.7 Å². The van der Waals surface area contributed by atoms with Gasteiger partial charge in [-0.05, 0) is 44.7 Å². The maximum atomic E-state index is 6.20. The maximum Gasteiger partial charge on any atom is 0.246 e. The molecule has 1 aromatic carbocycles. The van der Waals surface area contributed by atoms with Crippen molar-refractivity contribution in [3.8, 4) is 5.75 Å². The molecule has 0 saturated carbocycles. The highest BCUT2D eigenvalue weighted by atomic mass is 16.5. The number of benzene rings is 1. The van der Waals surface area contributed by atoms with Gasteiger partial charge in [-0.15, -0.1) is 0 Å². The fourth-order valence-electron chi connectivity index (χ4n) is 2.82. The van der Waals surface area contributed by atoms with Crippen molar-refractivity contribution in [2.45, 2.75) is 60.2 Å². The highest BCUT2D eigenvalue weighted by molar-refractivity contribution is 5.79. The van der Waals surface area contributed by atoms with Gasteiger partial charge in [0, 0.05) is 19.2 Å². The third-order valence-electron chi connectivity index (χ3n) is 4.00. The van der Waals surface area contributed by atoms with Gasteiger partial charge in [-0.3, -0.25) is 4.99 Å². The van der Waals surface area contributed by atoms with Crippen LogP contribution in [0.5, 0.6) is 5.75 Å². The van der Waals surface area contributed by atoms with Crippen molar-refractivity contribution in [1.82, 2.24) is 20.8 Å². The van der Waals surface area contributed by atoms with E-state index >= 15 is 0 Å². The first-order valence-corrected chi connectivity index (χ1v) is 9.37. The van der Waals surface area contributed by atoms with Gasteiger partial charge in [-0.25, -0.2) is 0 Å². The van der Waals surface area contributed by atoms with Gasteiger partial charge >= 0.3 is 0 Å². The van der Waals surface area contributed by atoms with Gasteiger partial charge in [0.15, 0.2) is 11.8 Å². The van der Waals surface area contributed by atoms with Crippen LogP contribution < -0.4 is 15.4 Å². The van der Waals surface area contributed by atoms with Gasteiger partial charge in [0.2, 0.25) is 5.89 Å². The van der Waals surface area contributed by atoms with Crippen LogP contribution in [0.1, 0.15) is 50.0 Å². The van der Waals surface area contributed by atoms with Crippen LogP contribution in [-0.2, 0) is 13.1 Å². The highest BCUT2D eigenvalue weighted by Gasteiger charge is 2.11. The Morgan fingerprint density at radius 1 is 1.19 bits per heavy atom. The summed E-state index contributed by atoms with van der Waals surface area (Å²) in [6.45, 7) is 11.4. The van der Waals surface area contributed by atoms with E-state index in [1.807, 2.05) is 0 Å². The van der Waals surface area contributed by atoms with Crippen molar-refractivity contribution in [3.05, 3.63) is 41.0 Å². The third kappa shape index (κ3) is 6.92. The molecule has 0 fully saturated rings. The van der Waals surface area contributed by atoms with Crippen LogP contribution in [0.2, 0.25) is 0 Å². The van der Waals surface area contributed by atoms with Gasteiger partial charge in [0.1, 0.15) is 5.75 Å². The molecule has 1 unspecified atom stereocenters. The van der Waals surface area contributed by atoms with Crippen LogP contribution in [0.4, 0.5) is 0 Å². The van der Waals surface area contributed by atoms with Gasteiger partial charge < -0.3 is 19.9 Å². The molecule has 0 spiro atoms. The Morgan fingerprint density at radius 3 is 2.56 bits per heavy atom. The van der Waals surface area contributed by atoms with Crippen LogP contribution in [0.25, 0.3) is 0 Å². The highest BCUT2D eigenvalue weighted by Crippen LogP contribution is 2.23. The standard InChI is InChI=1S/C20H31N5O2/c1-13(2)9-15(4)26-18-10-14(3)7-8-17(18)11-22-20(21-6)23-12-19-24-16(5)25-27-19/h7-8,10,13,15H,9,11-12H2,1-6H3,(H2,21,22,23). The molecule has 7 heteroatoms. The molecule has 0 aliphatic rings. The average Bonchev–Trinajstić information content (AvgIpc) is 3.01. The maximum absolute atomic E-state index is 6.20. The molecule has 0 aliphatic heterocycles. The molecular weight excluding hydrogens is 342 g/mol. The van der Waals surface area contributed by atoms with Crippen LogP contribution in [-0.4, -0.2) is 29.3 Å². The molecule has 1 aromatic heterocycles. The smallest absolute Gasteiger partial charge is 0.246 e. The van der Waals surface area contributed by atoms with Gasteiger partial charge in [0.25, 0.3) is 0 Å². The average molecular weight is 374 g/mol. The summed E-state index contributed by atoms with van der Waals surface area (Å²) in [5, 5.41) is 10.3. The second kappa shape index (κ2) is 9.94. The molecule has 1 atom stereocenters. The zero-order valence-electron chi connectivity index (χ0n) is 17.2. The number of guanidine groups is 1. The Balaban J connectivity index is 1.96. The molecule has 2 rings (SSSR count). The lowest BCUT2D eigenvalue weighted by molar-refractivity contribution is 0.191. The SMILES string of the molecule is CN=C(NCc1nc(C)no1)NCc1ccc(C)cc1OC(C)CC(C)C. The molecule has 0 radical (unpaired) electrons. The van der Waals surface area contributed by atoms with E-state index < -0.39 is 0 Å². The lowest BCUT2D eigenvalue weighted by Crippen LogP contribution is -2.36. The van der Waals surface area contributed by atoms with Crippen molar-refractivity contribution in [2.24, 2.45) is 10.9 Å². The molecule has 148 valence electrons. The molecule has 0 amide bonds. The normalized spacial score (nSPS) is 12.9. The van der Waals surface area contributed by atoms with Gasteiger partial charge in [-0.2, -0.15) is 4.98 Å². The van der Waals surface area contributed by atoms with Gasteiger partial charge in [0.05, 0.1) is 12.6 Å². The van der Waals surface area contributed by atoms with E-state index in [9.17, 15) is 0 Å². The Hall–Kier alpha value is -2.57. The summed E-state index contributed by atoms with van der Waals surface area (Å²) in [6.07, 6.45) is 1.19. The number of nitrogens with one attached hydrogen (secondary N) is 2. The Kier molecular flexibility index (Phi) is 7.64. The number of nitrogens with zero attached hydrogens (tertiary/aromatic N) is 3. The number of aliphatic imine (C=N–C) groups is 1. The van der Waals surface area contributed by atoms with E-state index in [0.717, 1.165) is 17.7 Å². The first-order chi connectivity index (χ1) is 12.9. The van der Waals surface area contributed by atoms with E-state index in [4.69, 9.17) is 9.26 Å². The predicted octanol–water partition coefficient (Wildman–Crippen LogP) is 3.37.